The van der Waals surface area contributed by atoms with Crippen molar-refractivity contribution in [2.75, 3.05) is 7.11 Å². The Kier molecular flexibility index (Phi) is 6.43. The Hall–Kier alpha value is -2.79. The van der Waals surface area contributed by atoms with Crippen LogP contribution in [0.25, 0.3) is 10.9 Å². The fourth-order valence-corrected chi connectivity index (χ4v) is 4.05. The maximum atomic E-state index is 13.6. The van der Waals surface area contributed by atoms with Gasteiger partial charge in [0.25, 0.3) is 0 Å². The molecule has 0 spiro atoms. The Bertz CT molecular complexity index is 1170. The van der Waals surface area contributed by atoms with Crippen molar-refractivity contribution in [2.45, 2.75) is 47.6 Å². The fourth-order valence-electron chi connectivity index (χ4n) is 3.93. The summed E-state index contributed by atoms with van der Waals surface area (Å²) in [4.78, 5) is 26.1. The molecule has 0 bridgehead atoms. The zero-order valence-electron chi connectivity index (χ0n) is 19.5. The van der Waals surface area contributed by atoms with Crippen LogP contribution in [0.4, 0.5) is 0 Å². The minimum atomic E-state index is -0.851. The van der Waals surface area contributed by atoms with E-state index in [0.29, 0.717) is 28.9 Å². The van der Waals surface area contributed by atoms with Gasteiger partial charge in [-0.2, -0.15) is 0 Å². The number of nitrogens with zero attached hydrogens (tertiary/aromatic N) is 1. The second-order valence-corrected chi connectivity index (χ2v) is 10.3. The first-order valence-electron chi connectivity index (χ1n) is 10.6. The number of halogens is 1. The summed E-state index contributed by atoms with van der Waals surface area (Å²) in [6.07, 6.45) is 0.305. The lowest BCUT2D eigenvalue weighted by Gasteiger charge is -2.25. The molecule has 1 aromatic heterocycles. The maximum Gasteiger partial charge on any atom is 0.311 e. The van der Waals surface area contributed by atoms with E-state index in [9.17, 15) is 14.7 Å². The first-order valence-corrected chi connectivity index (χ1v) is 10.9. The molecule has 0 aliphatic heterocycles. The van der Waals surface area contributed by atoms with Crippen molar-refractivity contribution in [2.24, 2.45) is 10.8 Å². The molecule has 0 radical (unpaired) electrons. The molecular weight excluding hydrogens is 426 g/mol. The summed E-state index contributed by atoms with van der Waals surface area (Å²) < 4.78 is 7.09. The number of phenols is 1. The Morgan fingerprint density at radius 2 is 1.66 bits per heavy atom. The number of hydrogen-bond acceptors (Lipinski definition) is 4. The molecule has 170 valence electrons. The Balaban J connectivity index is 2.32. The topological polar surface area (TPSA) is 68.5 Å². The van der Waals surface area contributed by atoms with Crippen LogP contribution in [-0.2, 0) is 22.5 Å². The molecule has 0 aliphatic rings. The normalized spacial score (nSPS) is 12.2. The molecule has 0 amide bonds. The molecule has 3 aromatic rings. The van der Waals surface area contributed by atoms with Gasteiger partial charge in [0.2, 0.25) is 0 Å². The first-order chi connectivity index (χ1) is 14.8. The third-order valence-corrected chi connectivity index (χ3v) is 5.92. The summed E-state index contributed by atoms with van der Waals surface area (Å²) >= 11 is 6.06. The van der Waals surface area contributed by atoms with Crippen molar-refractivity contribution in [1.82, 2.24) is 4.57 Å². The van der Waals surface area contributed by atoms with E-state index in [1.54, 1.807) is 12.1 Å². The number of ketones is 1. The number of fused-ring (bicyclic) bond motifs is 1. The minimum absolute atomic E-state index is 0.0429. The Morgan fingerprint density at radius 1 is 1.03 bits per heavy atom. The van der Waals surface area contributed by atoms with Crippen molar-refractivity contribution < 1.29 is 19.4 Å². The predicted molar refractivity (Wildman–Crippen MR) is 127 cm³/mol. The van der Waals surface area contributed by atoms with E-state index in [2.05, 4.69) is 4.57 Å². The summed E-state index contributed by atoms with van der Waals surface area (Å²) in [5.74, 6) is -0.306. The molecule has 0 unspecified atom stereocenters. The molecule has 1 N–H and O–H groups in total. The molecule has 1 heterocycles. The van der Waals surface area contributed by atoms with Gasteiger partial charge in [-0.25, -0.2) is 0 Å². The highest BCUT2D eigenvalue weighted by Gasteiger charge is 2.36. The van der Waals surface area contributed by atoms with Gasteiger partial charge in [0.15, 0.2) is 5.78 Å². The molecule has 0 atom stereocenters. The second-order valence-electron chi connectivity index (χ2n) is 9.87. The van der Waals surface area contributed by atoms with Gasteiger partial charge < -0.3 is 14.4 Å². The van der Waals surface area contributed by atoms with E-state index in [-0.39, 0.29) is 17.5 Å². The number of carbonyl (C=O) groups excluding carboxylic acids is 2. The molecule has 5 nitrogen and oxygen atoms in total. The van der Waals surface area contributed by atoms with E-state index < -0.39 is 10.8 Å². The minimum Gasteiger partial charge on any atom is -0.508 e. The van der Waals surface area contributed by atoms with Gasteiger partial charge in [0, 0.05) is 45.6 Å². The third kappa shape index (κ3) is 4.68. The predicted octanol–water partition coefficient (Wildman–Crippen LogP) is 6.02. The second kappa shape index (κ2) is 8.62. The molecule has 0 fully saturated rings. The van der Waals surface area contributed by atoms with Crippen LogP contribution < -0.4 is 0 Å². The van der Waals surface area contributed by atoms with Gasteiger partial charge in [-0.15, -0.1) is 0 Å². The summed E-state index contributed by atoms with van der Waals surface area (Å²) in [6, 6.07) is 12.6. The summed E-state index contributed by atoms with van der Waals surface area (Å²) in [7, 11) is 1.37. The third-order valence-electron chi connectivity index (χ3n) is 5.66. The van der Waals surface area contributed by atoms with Gasteiger partial charge in [-0.3, -0.25) is 9.59 Å². The zero-order chi connectivity index (χ0) is 23.8. The zero-order valence-corrected chi connectivity index (χ0v) is 20.2. The SMILES string of the molecule is COC(=O)C(C)(C)Cc1c(C(=O)C(C)(C)C)c2cc(O)ccc2n1Cc1ccc(Cl)cc1. The van der Waals surface area contributed by atoms with Crippen molar-refractivity contribution in [3.8, 4) is 5.75 Å². The number of rotatable bonds is 6. The highest BCUT2D eigenvalue weighted by atomic mass is 35.5. The quantitative estimate of drug-likeness (QED) is 0.364. The Labute approximate surface area is 194 Å². The van der Waals surface area contributed by atoms with E-state index >= 15 is 0 Å². The molecule has 3 rings (SSSR count). The number of aromatic nitrogens is 1. The van der Waals surface area contributed by atoms with Crippen molar-refractivity contribution in [3.63, 3.8) is 0 Å². The van der Waals surface area contributed by atoms with Crippen LogP contribution >= 0.6 is 11.6 Å². The van der Waals surface area contributed by atoms with E-state index in [0.717, 1.165) is 16.8 Å². The number of methoxy groups -OCH3 is 1. The van der Waals surface area contributed by atoms with Crippen LogP contribution in [0.5, 0.6) is 5.75 Å². The number of aromatic hydroxyl groups is 1. The van der Waals surface area contributed by atoms with Crippen molar-refractivity contribution >= 4 is 34.3 Å². The van der Waals surface area contributed by atoms with Crippen LogP contribution in [0.1, 0.15) is 56.2 Å². The average Bonchev–Trinajstić information content (AvgIpc) is 2.99. The number of ether oxygens (including phenoxy) is 1. The average molecular weight is 456 g/mol. The highest BCUT2D eigenvalue weighted by molar-refractivity contribution is 6.30. The van der Waals surface area contributed by atoms with Crippen LogP contribution in [0.2, 0.25) is 5.02 Å². The smallest absolute Gasteiger partial charge is 0.311 e. The van der Waals surface area contributed by atoms with Gasteiger partial charge in [-0.1, -0.05) is 44.5 Å². The lowest BCUT2D eigenvalue weighted by atomic mass is 9.81. The fraction of sp³-hybridized carbons (Fsp3) is 0.385. The number of benzene rings is 2. The number of Topliss-reactive ketones (excluding diaryl/α,β-unsaturated/α-hetero) is 1. The standard InChI is InChI=1S/C26H30ClNO4/c1-25(2,3)23(30)22-19-13-18(29)11-12-20(19)28(15-16-7-9-17(27)10-8-16)21(22)14-26(4,5)24(31)32-6/h7-13,29H,14-15H2,1-6H3. The number of phenolic OH excluding ortho intramolecular Hbond substituents is 1. The molecule has 6 heteroatoms. The van der Waals surface area contributed by atoms with Crippen molar-refractivity contribution in [1.29, 1.82) is 0 Å². The van der Waals surface area contributed by atoms with Gasteiger partial charge in [-0.05, 0) is 49.7 Å². The van der Waals surface area contributed by atoms with Crippen LogP contribution in [0.3, 0.4) is 0 Å². The first kappa shape index (κ1) is 23.9. The van der Waals surface area contributed by atoms with Crippen molar-refractivity contribution in [3.05, 3.63) is 64.3 Å². The molecular formula is C26H30ClNO4. The lowest BCUT2D eigenvalue weighted by molar-refractivity contribution is -0.150. The van der Waals surface area contributed by atoms with E-state index in [4.69, 9.17) is 16.3 Å². The largest absolute Gasteiger partial charge is 0.508 e. The van der Waals surface area contributed by atoms with Gasteiger partial charge >= 0.3 is 5.97 Å². The summed E-state index contributed by atoms with van der Waals surface area (Å²) in [6.45, 7) is 9.72. The summed E-state index contributed by atoms with van der Waals surface area (Å²) in [5.41, 5.74) is 1.61. The number of esters is 1. The molecule has 0 saturated carbocycles. The van der Waals surface area contributed by atoms with Crippen LogP contribution in [0.15, 0.2) is 42.5 Å². The lowest BCUT2D eigenvalue weighted by Crippen LogP contribution is -2.31. The summed E-state index contributed by atoms with van der Waals surface area (Å²) in [5, 5.41) is 11.5. The van der Waals surface area contributed by atoms with Crippen LogP contribution in [-0.4, -0.2) is 28.5 Å². The van der Waals surface area contributed by atoms with E-state index in [1.165, 1.54) is 7.11 Å². The monoisotopic (exact) mass is 455 g/mol. The van der Waals surface area contributed by atoms with E-state index in [1.807, 2.05) is 65.0 Å². The number of hydrogen-bond donors (Lipinski definition) is 1. The molecule has 0 aliphatic carbocycles. The Morgan fingerprint density at radius 3 is 2.22 bits per heavy atom. The van der Waals surface area contributed by atoms with Gasteiger partial charge in [0.05, 0.1) is 12.5 Å². The van der Waals surface area contributed by atoms with Crippen LogP contribution in [0, 0.1) is 10.8 Å². The molecule has 0 saturated heterocycles. The highest BCUT2D eigenvalue weighted by Crippen LogP contribution is 2.37. The maximum absolute atomic E-state index is 13.6. The van der Waals surface area contributed by atoms with Gasteiger partial charge in [0.1, 0.15) is 5.75 Å². The number of carbonyl (C=O) groups is 2. The molecule has 32 heavy (non-hydrogen) atoms. The molecule has 2 aromatic carbocycles.